The van der Waals surface area contributed by atoms with E-state index in [2.05, 4.69) is 15.0 Å². The van der Waals surface area contributed by atoms with E-state index in [9.17, 15) is 29.0 Å². The van der Waals surface area contributed by atoms with Crippen molar-refractivity contribution in [3.63, 3.8) is 0 Å². The number of nitrogens with zero attached hydrogens (tertiary/aromatic N) is 4. The number of aliphatic hydroxyl groups is 1. The van der Waals surface area contributed by atoms with Crippen molar-refractivity contribution in [1.82, 2.24) is 24.4 Å². The predicted molar refractivity (Wildman–Crippen MR) is 76.7 cm³/mol. The number of aliphatic hydroxyl groups excluding tert-OH is 1. The Hall–Kier alpha value is -0.270. The van der Waals surface area contributed by atoms with E-state index in [0.29, 0.717) is 0 Å². The molecule has 2 aromatic heterocycles. The zero-order valence-electron chi connectivity index (χ0n) is 14.2. The fraction of sp³-hybridized carbons (Fsp3) is 0.455. The van der Waals surface area contributed by atoms with Crippen LogP contribution in [-0.4, -0.2) is 60.8 Å². The van der Waals surface area contributed by atoms with Gasteiger partial charge in [-0.3, -0.25) is 14.6 Å². The van der Waals surface area contributed by atoms with E-state index >= 15 is 0 Å². The number of amides is 1. The SMILES string of the molecule is Nc1nc2c(ncn2[C@@H]2CN(C(=O)CP(=O)([O-])[O-])C[C@@H]2O)c(=O)[nH]1.[Na+].[Na+]. The molecule has 3 heterocycles. The van der Waals surface area contributed by atoms with Crippen LogP contribution in [0.4, 0.5) is 5.95 Å². The summed E-state index contributed by atoms with van der Waals surface area (Å²) in [7, 11) is -4.99. The first-order chi connectivity index (χ1) is 11.2. The van der Waals surface area contributed by atoms with Crippen molar-refractivity contribution in [3.05, 3.63) is 16.7 Å². The standard InChI is InChI=1S/C11H15N6O6P.2Na/c12-11-14-9-8(10(20)15-11)13-4-17(9)5-1-16(2-6(5)18)7(19)3-24(21,22)23;;/h4-6,18H,1-3H2,(H2,21,22,23)(H3,12,14,15,20);;/q;2*+1/p-2/t5-,6+;;/m1../s1. The smallest absolute Gasteiger partial charge is 0.810 e. The van der Waals surface area contributed by atoms with Crippen molar-refractivity contribution in [2.45, 2.75) is 12.1 Å². The van der Waals surface area contributed by atoms with E-state index in [4.69, 9.17) is 5.73 Å². The molecule has 12 nitrogen and oxygen atoms in total. The Balaban J connectivity index is 0.00000169. The number of nitrogens with two attached hydrogens (primary N) is 1. The van der Waals surface area contributed by atoms with Crippen molar-refractivity contribution >= 4 is 30.6 Å². The number of hydrogen-bond donors (Lipinski definition) is 3. The van der Waals surface area contributed by atoms with Gasteiger partial charge in [-0.15, -0.1) is 0 Å². The largest absolute Gasteiger partial charge is 1.00 e. The molecule has 0 radical (unpaired) electrons. The number of fused-ring (bicyclic) bond motifs is 1. The summed E-state index contributed by atoms with van der Waals surface area (Å²) < 4.78 is 12.1. The number of carbonyl (C=O) groups excluding carboxylic acids is 1. The van der Waals surface area contributed by atoms with Crippen LogP contribution in [0, 0.1) is 0 Å². The van der Waals surface area contributed by atoms with E-state index < -0.39 is 37.4 Å². The van der Waals surface area contributed by atoms with Crippen molar-refractivity contribution < 1.29 is 83.4 Å². The van der Waals surface area contributed by atoms with E-state index in [1.807, 2.05) is 0 Å². The number of imidazole rings is 1. The Morgan fingerprint density at radius 3 is 2.69 bits per heavy atom. The van der Waals surface area contributed by atoms with Crippen LogP contribution >= 0.6 is 7.60 Å². The van der Waals surface area contributed by atoms with Gasteiger partial charge in [0.05, 0.1) is 24.6 Å². The van der Waals surface area contributed by atoms with Crippen molar-refractivity contribution in [2.24, 2.45) is 0 Å². The molecule has 1 fully saturated rings. The van der Waals surface area contributed by atoms with Gasteiger partial charge in [0.1, 0.15) is 0 Å². The third-order valence-corrected chi connectivity index (χ3v) is 4.41. The molecule has 3 rings (SSSR count). The minimum absolute atomic E-state index is 0. The maximum atomic E-state index is 11.8. The molecule has 1 saturated heterocycles. The third kappa shape index (κ3) is 4.96. The van der Waals surface area contributed by atoms with Crippen molar-refractivity contribution in [1.29, 1.82) is 0 Å². The summed E-state index contributed by atoms with van der Waals surface area (Å²) in [6.07, 6.45) is -0.922. The Bertz CT molecular complexity index is 912. The summed E-state index contributed by atoms with van der Waals surface area (Å²) in [6, 6.07) is -0.703. The Morgan fingerprint density at radius 1 is 1.42 bits per heavy atom. The van der Waals surface area contributed by atoms with Gasteiger partial charge in [-0.1, -0.05) is 7.60 Å². The molecular weight excluding hydrogens is 389 g/mol. The second kappa shape index (κ2) is 8.82. The summed E-state index contributed by atoms with van der Waals surface area (Å²) in [5, 5.41) is 10.2. The molecule has 0 unspecified atom stereocenters. The molecule has 130 valence electrons. The molecule has 0 aromatic carbocycles. The number of rotatable bonds is 3. The number of aromatic amines is 1. The Labute approximate surface area is 190 Å². The van der Waals surface area contributed by atoms with Gasteiger partial charge in [0.25, 0.3) is 5.56 Å². The molecule has 1 amide bonds. The topological polar surface area (TPSA) is 193 Å². The van der Waals surface area contributed by atoms with Gasteiger partial charge in [-0.25, -0.2) is 4.98 Å². The number of likely N-dealkylation sites (tertiary alicyclic amines) is 1. The number of hydrogen-bond acceptors (Lipinski definition) is 9. The summed E-state index contributed by atoms with van der Waals surface area (Å²) in [5.74, 6) is -1.02. The first-order valence-corrected chi connectivity index (χ1v) is 8.58. The van der Waals surface area contributed by atoms with Crippen LogP contribution in [-0.2, 0) is 9.36 Å². The summed E-state index contributed by atoms with van der Waals surface area (Å²) in [6.45, 7) is -0.207. The molecule has 1 aliphatic heterocycles. The van der Waals surface area contributed by atoms with Crippen LogP contribution in [0.3, 0.4) is 0 Å². The van der Waals surface area contributed by atoms with Crippen molar-refractivity contribution in [2.75, 3.05) is 25.0 Å². The Morgan fingerprint density at radius 2 is 2.08 bits per heavy atom. The monoisotopic (exact) mass is 402 g/mol. The number of carbonyl (C=O) groups is 1. The summed E-state index contributed by atoms with van der Waals surface area (Å²) in [5.41, 5.74) is 5.10. The van der Waals surface area contributed by atoms with Gasteiger partial charge in [0.2, 0.25) is 11.9 Å². The molecule has 26 heavy (non-hydrogen) atoms. The van der Waals surface area contributed by atoms with Crippen LogP contribution in [0.15, 0.2) is 11.1 Å². The quantitative estimate of drug-likeness (QED) is 0.330. The predicted octanol–water partition coefficient (Wildman–Crippen LogP) is -9.63. The van der Waals surface area contributed by atoms with Gasteiger partial charge >= 0.3 is 59.1 Å². The van der Waals surface area contributed by atoms with Crippen LogP contribution in [0.25, 0.3) is 11.2 Å². The molecule has 4 N–H and O–H groups in total. The molecule has 2 aromatic rings. The minimum Gasteiger partial charge on any atom is -0.810 e. The minimum atomic E-state index is -4.99. The maximum Gasteiger partial charge on any atom is 1.00 e. The second-order valence-electron chi connectivity index (χ2n) is 5.48. The molecule has 0 aliphatic carbocycles. The molecule has 0 bridgehead atoms. The first-order valence-electron chi connectivity index (χ1n) is 6.85. The zero-order valence-corrected chi connectivity index (χ0v) is 19.0. The summed E-state index contributed by atoms with van der Waals surface area (Å²) in [4.78, 5) is 56.3. The van der Waals surface area contributed by atoms with Gasteiger partial charge in [-0.05, 0) is 0 Å². The number of anilines is 1. The molecule has 1 aliphatic rings. The number of aromatic nitrogens is 4. The average Bonchev–Trinajstić information content (AvgIpc) is 3.00. The van der Waals surface area contributed by atoms with Gasteiger partial charge in [-0.2, -0.15) is 4.98 Å². The zero-order chi connectivity index (χ0) is 17.6. The summed E-state index contributed by atoms with van der Waals surface area (Å²) >= 11 is 0. The number of H-pyrrole nitrogens is 1. The molecule has 0 saturated carbocycles. The van der Waals surface area contributed by atoms with E-state index in [1.165, 1.54) is 10.9 Å². The first kappa shape index (κ1) is 23.8. The van der Waals surface area contributed by atoms with E-state index in [0.717, 1.165) is 4.90 Å². The average molecular weight is 402 g/mol. The number of β-amino-alcohol motifs (C(OH)–C–C–N with tert-alkyl or cyclic N) is 1. The maximum absolute atomic E-state index is 11.8. The van der Waals surface area contributed by atoms with Gasteiger partial charge in [0, 0.05) is 13.1 Å². The Kier molecular flexibility index (Phi) is 8.07. The number of nitrogens with one attached hydrogen (secondary N) is 1. The van der Waals surface area contributed by atoms with Crippen LogP contribution in [0.2, 0.25) is 0 Å². The third-order valence-electron chi connectivity index (χ3n) is 3.75. The van der Waals surface area contributed by atoms with Gasteiger partial charge in [0.15, 0.2) is 11.2 Å². The van der Waals surface area contributed by atoms with Gasteiger partial charge < -0.3 is 34.7 Å². The van der Waals surface area contributed by atoms with Crippen LogP contribution in [0.1, 0.15) is 6.04 Å². The van der Waals surface area contributed by atoms with E-state index in [1.54, 1.807) is 0 Å². The second-order valence-corrected chi connectivity index (χ2v) is 7.02. The molecule has 2 atom stereocenters. The van der Waals surface area contributed by atoms with Crippen molar-refractivity contribution in [3.8, 4) is 0 Å². The fourth-order valence-electron chi connectivity index (χ4n) is 2.70. The van der Waals surface area contributed by atoms with E-state index in [-0.39, 0.29) is 89.3 Å². The van der Waals surface area contributed by atoms with Crippen LogP contribution < -0.4 is 80.2 Å². The molecule has 0 spiro atoms. The normalized spacial score (nSPS) is 19.9. The van der Waals surface area contributed by atoms with Crippen LogP contribution in [0.5, 0.6) is 0 Å². The number of nitrogen functional groups attached to an aromatic ring is 1. The molecular formula is C11H13N6Na2O6P. The fourth-order valence-corrected chi connectivity index (χ4v) is 3.23. The molecule has 15 heteroatoms.